The van der Waals surface area contributed by atoms with Gasteiger partial charge in [0.05, 0.1) is 5.92 Å². The summed E-state index contributed by atoms with van der Waals surface area (Å²) in [7, 11) is 0. The second-order valence-corrected chi connectivity index (χ2v) is 11.5. The second kappa shape index (κ2) is 7.63. The lowest BCUT2D eigenvalue weighted by molar-refractivity contribution is -0.549. The molecule has 0 unspecified atom stereocenters. The van der Waals surface area contributed by atoms with Crippen molar-refractivity contribution in [2.24, 2.45) is 23.7 Å². The van der Waals surface area contributed by atoms with Crippen LogP contribution in [0.3, 0.4) is 0 Å². The highest BCUT2D eigenvalue weighted by Crippen LogP contribution is 2.60. The molecule has 6 aliphatic rings. The van der Waals surface area contributed by atoms with Gasteiger partial charge in [-0.25, -0.2) is 14.8 Å². The van der Waals surface area contributed by atoms with Crippen LogP contribution in [-0.4, -0.2) is 34.4 Å². The van der Waals surface area contributed by atoms with Crippen LogP contribution < -0.4 is 5.43 Å². The standard InChI is InChI=1S/C29H32N2O5/c1-16-12-13-23-17(2)26(33)31(27-29(23)22(16)14-15-28(3,34-27)35-36-29)30-25(32)24-20-10-6-4-8-18(20)19-9-5-7-11-21(19)24/h4-11,16-17,22-24,27H,12-15H2,1-3H3,(H,30,32)/t16-,17-,22+,23+,27-,28-,29-/m1/s1. The minimum atomic E-state index is -0.964. The zero-order chi connectivity index (χ0) is 24.8. The SMILES string of the molecule is C[C@@H]1CC[C@H]2[C@@H](C)C(=O)N(NC(=O)C3c4ccccc4-c4ccccc43)[C@@H]3O[C@@]4(C)CC[C@@H]1[C@@]23OO4. The fraction of sp³-hybridized carbons (Fsp3) is 0.517. The molecule has 8 rings (SSSR count). The largest absolute Gasteiger partial charge is 0.319 e. The van der Waals surface area contributed by atoms with Gasteiger partial charge in [0.25, 0.3) is 5.91 Å². The summed E-state index contributed by atoms with van der Waals surface area (Å²) in [6.45, 7) is 6.07. The third-order valence-electron chi connectivity index (χ3n) is 9.59. The van der Waals surface area contributed by atoms with Crippen LogP contribution >= 0.6 is 0 Å². The van der Waals surface area contributed by atoms with Crippen molar-refractivity contribution in [2.75, 3.05) is 0 Å². The van der Waals surface area contributed by atoms with Gasteiger partial charge in [-0.15, -0.1) is 0 Å². The predicted octanol–water partition coefficient (Wildman–Crippen LogP) is 4.52. The molecule has 4 aliphatic heterocycles. The Labute approximate surface area is 211 Å². The van der Waals surface area contributed by atoms with Gasteiger partial charge in [0.15, 0.2) is 11.8 Å². The highest BCUT2D eigenvalue weighted by molar-refractivity contribution is 5.97. The lowest BCUT2D eigenvalue weighted by Crippen LogP contribution is -2.77. The molecule has 2 amide bonds. The van der Waals surface area contributed by atoms with Crippen molar-refractivity contribution in [3.05, 3.63) is 59.7 Å². The van der Waals surface area contributed by atoms with Crippen molar-refractivity contribution in [1.82, 2.24) is 10.4 Å². The van der Waals surface area contributed by atoms with Crippen LogP contribution in [0.4, 0.5) is 0 Å². The number of carbonyl (C=O) groups excluding carboxylic acids is 2. The fourth-order valence-corrected chi connectivity index (χ4v) is 7.79. The molecule has 5 fully saturated rings. The first-order chi connectivity index (χ1) is 17.3. The van der Waals surface area contributed by atoms with Crippen molar-refractivity contribution >= 4 is 11.8 Å². The van der Waals surface area contributed by atoms with Crippen LogP contribution in [0.1, 0.15) is 63.5 Å². The van der Waals surface area contributed by atoms with Gasteiger partial charge in [-0.1, -0.05) is 62.4 Å². The fourth-order valence-electron chi connectivity index (χ4n) is 7.79. The molecule has 1 N–H and O–H groups in total. The van der Waals surface area contributed by atoms with E-state index < -0.39 is 23.5 Å². The molecule has 2 aromatic carbocycles. The maximum Gasteiger partial charge on any atom is 0.250 e. The number of amides is 2. The van der Waals surface area contributed by atoms with Crippen LogP contribution in [0, 0.1) is 23.7 Å². The third kappa shape index (κ3) is 2.85. The number of ether oxygens (including phenoxy) is 1. The first-order valence-corrected chi connectivity index (χ1v) is 13.2. The molecule has 2 aliphatic carbocycles. The van der Waals surface area contributed by atoms with Crippen molar-refractivity contribution < 1.29 is 24.1 Å². The summed E-state index contributed by atoms with van der Waals surface area (Å²) in [5.41, 5.74) is 6.24. The number of carbonyl (C=O) groups is 2. The average molecular weight is 489 g/mol. The average Bonchev–Trinajstić information content (AvgIpc) is 3.04. The van der Waals surface area contributed by atoms with E-state index in [2.05, 4.69) is 12.3 Å². The number of rotatable bonds is 2. The van der Waals surface area contributed by atoms with E-state index in [9.17, 15) is 9.59 Å². The summed E-state index contributed by atoms with van der Waals surface area (Å²) in [5.74, 6) is -1.61. The van der Waals surface area contributed by atoms with Crippen molar-refractivity contribution in [2.45, 2.75) is 70.0 Å². The number of hydrogen-bond donors (Lipinski definition) is 1. The first-order valence-electron chi connectivity index (χ1n) is 13.2. The van der Waals surface area contributed by atoms with Gasteiger partial charge in [0, 0.05) is 18.3 Å². The maximum absolute atomic E-state index is 14.0. The predicted molar refractivity (Wildman–Crippen MR) is 131 cm³/mol. The number of hydrogen-bond acceptors (Lipinski definition) is 5. The van der Waals surface area contributed by atoms with Crippen LogP contribution in [0.5, 0.6) is 0 Å². The molecule has 1 spiro atoms. The van der Waals surface area contributed by atoms with E-state index in [1.807, 2.05) is 62.4 Å². The van der Waals surface area contributed by atoms with E-state index in [1.165, 1.54) is 5.01 Å². The Kier molecular flexibility index (Phi) is 4.76. The molecule has 7 heteroatoms. The highest BCUT2D eigenvalue weighted by atomic mass is 17.3. The third-order valence-corrected chi connectivity index (χ3v) is 9.59. The summed E-state index contributed by atoms with van der Waals surface area (Å²) in [6, 6.07) is 16.0. The number of nitrogens with one attached hydrogen (secondary N) is 1. The second-order valence-electron chi connectivity index (χ2n) is 11.5. The molecule has 1 saturated carbocycles. The lowest BCUT2D eigenvalue weighted by Gasteiger charge is -2.61. The minimum absolute atomic E-state index is 0.0278. The van der Waals surface area contributed by atoms with E-state index in [-0.39, 0.29) is 29.6 Å². The Morgan fingerprint density at radius 2 is 1.61 bits per heavy atom. The van der Waals surface area contributed by atoms with E-state index in [0.717, 1.165) is 41.5 Å². The van der Waals surface area contributed by atoms with E-state index in [1.54, 1.807) is 0 Å². The van der Waals surface area contributed by atoms with Gasteiger partial charge in [-0.2, -0.15) is 0 Å². The zero-order valence-electron chi connectivity index (χ0n) is 20.9. The first kappa shape index (κ1) is 22.5. The van der Waals surface area contributed by atoms with Gasteiger partial charge >= 0.3 is 0 Å². The highest BCUT2D eigenvalue weighted by Gasteiger charge is 2.71. The number of benzene rings is 2. The Morgan fingerprint density at radius 1 is 0.944 bits per heavy atom. The molecule has 0 aromatic heterocycles. The molecule has 36 heavy (non-hydrogen) atoms. The molecule has 2 aromatic rings. The van der Waals surface area contributed by atoms with Crippen LogP contribution in [0.15, 0.2) is 48.5 Å². The molecule has 2 bridgehead atoms. The minimum Gasteiger partial charge on any atom is -0.319 e. The van der Waals surface area contributed by atoms with Crippen molar-refractivity contribution in [1.29, 1.82) is 0 Å². The summed E-state index contributed by atoms with van der Waals surface area (Å²) in [5, 5.41) is 1.45. The number of nitrogens with zero attached hydrogens (tertiary/aromatic N) is 1. The Bertz CT molecular complexity index is 1220. The number of hydrazine groups is 1. The van der Waals surface area contributed by atoms with Crippen LogP contribution in [-0.2, 0) is 24.1 Å². The summed E-state index contributed by atoms with van der Waals surface area (Å²) in [6.07, 6.45) is 2.76. The lowest BCUT2D eigenvalue weighted by atomic mass is 9.57. The molecule has 4 saturated heterocycles. The van der Waals surface area contributed by atoms with E-state index >= 15 is 0 Å². The molecule has 188 valence electrons. The van der Waals surface area contributed by atoms with Gasteiger partial charge in [-0.3, -0.25) is 15.0 Å². The van der Waals surface area contributed by atoms with Gasteiger partial charge < -0.3 is 4.74 Å². The Balaban J connectivity index is 1.29. The van der Waals surface area contributed by atoms with Gasteiger partial charge in [-0.05, 0) is 60.3 Å². The summed E-state index contributed by atoms with van der Waals surface area (Å²) < 4.78 is 6.55. The molecule has 0 radical (unpaired) electrons. The topological polar surface area (TPSA) is 77.1 Å². The van der Waals surface area contributed by atoms with Gasteiger partial charge in [0.1, 0.15) is 0 Å². The monoisotopic (exact) mass is 488 g/mol. The normalized spacial score (nSPS) is 38.7. The van der Waals surface area contributed by atoms with Crippen molar-refractivity contribution in [3.8, 4) is 11.1 Å². The number of fused-ring (bicyclic) bond motifs is 5. The summed E-state index contributed by atoms with van der Waals surface area (Å²) in [4.78, 5) is 40.1. The van der Waals surface area contributed by atoms with Crippen LogP contribution in [0.25, 0.3) is 11.1 Å². The Morgan fingerprint density at radius 3 is 2.31 bits per heavy atom. The zero-order valence-corrected chi connectivity index (χ0v) is 20.9. The molecular formula is C29H32N2O5. The molecule has 7 nitrogen and oxygen atoms in total. The number of piperidine rings is 1. The Hall–Kier alpha value is -2.74. The van der Waals surface area contributed by atoms with Crippen molar-refractivity contribution in [3.63, 3.8) is 0 Å². The smallest absolute Gasteiger partial charge is 0.250 e. The van der Waals surface area contributed by atoms with E-state index in [4.69, 9.17) is 14.5 Å². The molecule has 7 atom stereocenters. The van der Waals surface area contributed by atoms with E-state index in [0.29, 0.717) is 12.3 Å². The quantitative estimate of drug-likeness (QED) is 0.629. The summed E-state index contributed by atoms with van der Waals surface area (Å²) >= 11 is 0. The molecular weight excluding hydrogens is 456 g/mol. The van der Waals surface area contributed by atoms with Crippen LogP contribution in [0.2, 0.25) is 0 Å². The molecule has 4 heterocycles. The maximum atomic E-state index is 14.0. The van der Waals surface area contributed by atoms with Gasteiger partial charge in [0.2, 0.25) is 11.7 Å².